The predicted octanol–water partition coefficient (Wildman–Crippen LogP) is 2.26. The molecule has 3 atom stereocenters. The summed E-state index contributed by atoms with van der Waals surface area (Å²) in [4.78, 5) is 2.73. The number of nitrogens with one attached hydrogen (secondary N) is 1. The van der Waals surface area contributed by atoms with Gasteiger partial charge in [0.2, 0.25) is 0 Å². The van der Waals surface area contributed by atoms with Crippen LogP contribution in [0.1, 0.15) is 46.5 Å². The third-order valence-electron chi connectivity index (χ3n) is 5.03. The molecule has 2 fully saturated rings. The molecule has 3 heteroatoms. The van der Waals surface area contributed by atoms with Crippen molar-refractivity contribution in [2.24, 2.45) is 5.41 Å². The summed E-state index contributed by atoms with van der Waals surface area (Å²) < 4.78 is 5.65. The van der Waals surface area contributed by atoms with Gasteiger partial charge in [0.15, 0.2) is 0 Å². The average Bonchev–Trinajstić information content (AvgIpc) is 2.37. The first-order valence-corrected chi connectivity index (χ1v) is 7.61. The minimum Gasteiger partial charge on any atom is -0.378 e. The van der Waals surface area contributed by atoms with E-state index in [1.807, 2.05) is 0 Å². The fourth-order valence-corrected chi connectivity index (χ4v) is 4.01. The molecule has 1 saturated heterocycles. The molecule has 1 saturated carbocycles. The summed E-state index contributed by atoms with van der Waals surface area (Å²) in [7, 11) is 2.13. The number of ether oxygens (including phenoxy) is 1. The first-order chi connectivity index (χ1) is 8.60. The second-order valence-electron chi connectivity index (χ2n) is 6.59. The van der Waals surface area contributed by atoms with Crippen LogP contribution in [0, 0.1) is 5.41 Å². The van der Waals surface area contributed by atoms with Gasteiger partial charge in [-0.2, -0.15) is 0 Å². The minimum atomic E-state index is 0.411. The predicted molar refractivity (Wildman–Crippen MR) is 75.9 cm³/mol. The first kappa shape index (κ1) is 14.3. The van der Waals surface area contributed by atoms with Crippen molar-refractivity contribution in [2.45, 2.75) is 64.6 Å². The molecular weight excluding hydrogens is 224 g/mol. The summed E-state index contributed by atoms with van der Waals surface area (Å²) >= 11 is 0. The smallest absolute Gasteiger partial charge is 0.0622 e. The normalized spacial score (nSPS) is 37.7. The highest BCUT2D eigenvalue weighted by atomic mass is 16.5. The molecule has 3 unspecified atom stereocenters. The summed E-state index contributed by atoms with van der Waals surface area (Å²) in [6.07, 6.45) is 5.25. The molecule has 2 aliphatic rings. The molecule has 0 bridgehead atoms. The maximum absolute atomic E-state index is 5.65. The maximum atomic E-state index is 5.65. The van der Waals surface area contributed by atoms with E-state index in [1.165, 1.54) is 25.7 Å². The molecule has 0 aromatic rings. The zero-order chi connectivity index (χ0) is 13.2. The van der Waals surface area contributed by atoms with Gasteiger partial charge in [-0.1, -0.05) is 27.2 Å². The standard InChI is InChI=1S/C15H30N2O/c1-5-12-11-18-10-9-17(12)13-7-6-8-15(2,3)14(13)16-4/h12-14,16H,5-11H2,1-4H3. The average molecular weight is 254 g/mol. The lowest BCUT2D eigenvalue weighted by Crippen LogP contribution is -2.62. The lowest BCUT2D eigenvalue weighted by atomic mass is 9.70. The van der Waals surface area contributed by atoms with E-state index in [9.17, 15) is 0 Å². The Morgan fingerprint density at radius 2 is 2.17 bits per heavy atom. The van der Waals surface area contributed by atoms with E-state index < -0.39 is 0 Å². The van der Waals surface area contributed by atoms with Crippen molar-refractivity contribution >= 4 is 0 Å². The highest BCUT2D eigenvalue weighted by Gasteiger charge is 2.42. The summed E-state index contributed by atoms with van der Waals surface area (Å²) in [5.41, 5.74) is 0.411. The summed E-state index contributed by atoms with van der Waals surface area (Å²) in [5.74, 6) is 0. The van der Waals surface area contributed by atoms with Gasteiger partial charge in [0.05, 0.1) is 13.2 Å². The highest BCUT2D eigenvalue weighted by Crippen LogP contribution is 2.38. The number of hydrogen-bond acceptors (Lipinski definition) is 3. The number of morpholine rings is 1. The monoisotopic (exact) mass is 254 g/mol. The van der Waals surface area contributed by atoms with Crippen molar-refractivity contribution in [3.8, 4) is 0 Å². The summed E-state index contributed by atoms with van der Waals surface area (Å²) in [6, 6.07) is 1.92. The van der Waals surface area contributed by atoms with Crippen molar-refractivity contribution in [3.05, 3.63) is 0 Å². The Kier molecular flexibility index (Phi) is 4.68. The van der Waals surface area contributed by atoms with Crippen LogP contribution in [-0.2, 0) is 4.74 Å². The van der Waals surface area contributed by atoms with Crippen LogP contribution in [0.5, 0.6) is 0 Å². The van der Waals surface area contributed by atoms with Crippen LogP contribution < -0.4 is 5.32 Å². The molecule has 2 rings (SSSR count). The number of nitrogens with zero attached hydrogens (tertiary/aromatic N) is 1. The zero-order valence-electron chi connectivity index (χ0n) is 12.5. The van der Waals surface area contributed by atoms with E-state index in [2.05, 4.69) is 38.0 Å². The van der Waals surface area contributed by atoms with Gasteiger partial charge in [-0.3, -0.25) is 4.90 Å². The summed E-state index contributed by atoms with van der Waals surface area (Å²) in [6.45, 7) is 10.1. The molecule has 0 aromatic heterocycles. The number of hydrogen-bond donors (Lipinski definition) is 1. The molecule has 1 N–H and O–H groups in total. The SMILES string of the molecule is CCC1COCCN1C1CCCC(C)(C)C1NC. The van der Waals surface area contributed by atoms with Crippen LogP contribution in [0.2, 0.25) is 0 Å². The lowest BCUT2D eigenvalue weighted by Gasteiger charge is -2.51. The van der Waals surface area contributed by atoms with Gasteiger partial charge in [-0.25, -0.2) is 0 Å². The van der Waals surface area contributed by atoms with E-state index in [-0.39, 0.29) is 0 Å². The summed E-state index contributed by atoms with van der Waals surface area (Å²) in [5, 5.41) is 3.60. The molecule has 3 nitrogen and oxygen atoms in total. The van der Waals surface area contributed by atoms with Crippen LogP contribution >= 0.6 is 0 Å². The number of likely N-dealkylation sites (N-methyl/N-ethyl adjacent to an activating group) is 1. The van der Waals surface area contributed by atoms with Crippen molar-refractivity contribution < 1.29 is 4.74 Å². The molecule has 18 heavy (non-hydrogen) atoms. The van der Waals surface area contributed by atoms with Crippen LogP contribution in [-0.4, -0.2) is 49.8 Å². The number of rotatable bonds is 3. The van der Waals surface area contributed by atoms with Gasteiger partial charge in [-0.05, 0) is 31.7 Å². The second-order valence-corrected chi connectivity index (χ2v) is 6.59. The first-order valence-electron chi connectivity index (χ1n) is 7.61. The van der Waals surface area contributed by atoms with E-state index in [0.29, 0.717) is 23.5 Å². The molecule has 1 aliphatic heterocycles. The van der Waals surface area contributed by atoms with E-state index in [4.69, 9.17) is 4.74 Å². The molecule has 0 aromatic carbocycles. The Bertz CT molecular complexity index is 267. The lowest BCUT2D eigenvalue weighted by molar-refractivity contribution is -0.0592. The van der Waals surface area contributed by atoms with Crippen molar-refractivity contribution in [1.82, 2.24) is 10.2 Å². The Labute approximate surface area is 112 Å². The van der Waals surface area contributed by atoms with E-state index in [0.717, 1.165) is 19.8 Å². The van der Waals surface area contributed by atoms with Crippen LogP contribution in [0.25, 0.3) is 0 Å². The molecule has 1 aliphatic carbocycles. The van der Waals surface area contributed by atoms with Crippen LogP contribution in [0.15, 0.2) is 0 Å². The van der Waals surface area contributed by atoms with Gasteiger partial charge in [-0.15, -0.1) is 0 Å². The minimum absolute atomic E-state index is 0.411. The third kappa shape index (κ3) is 2.73. The third-order valence-corrected chi connectivity index (χ3v) is 5.03. The van der Waals surface area contributed by atoms with Crippen molar-refractivity contribution in [1.29, 1.82) is 0 Å². The Hall–Kier alpha value is -0.120. The van der Waals surface area contributed by atoms with Gasteiger partial charge in [0.25, 0.3) is 0 Å². The van der Waals surface area contributed by atoms with E-state index >= 15 is 0 Å². The Balaban J connectivity index is 2.13. The molecule has 0 amide bonds. The quantitative estimate of drug-likeness (QED) is 0.836. The van der Waals surface area contributed by atoms with Gasteiger partial charge in [0, 0.05) is 24.7 Å². The molecule has 0 spiro atoms. The molecule has 1 heterocycles. The maximum Gasteiger partial charge on any atom is 0.0622 e. The topological polar surface area (TPSA) is 24.5 Å². The van der Waals surface area contributed by atoms with Crippen LogP contribution in [0.3, 0.4) is 0 Å². The van der Waals surface area contributed by atoms with Gasteiger partial charge < -0.3 is 10.1 Å². The Morgan fingerprint density at radius 3 is 2.83 bits per heavy atom. The fraction of sp³-hybridized carbons (Fsp3) is 1.00. The van der Waals surface area contributed by atoms with Crippen molar-refractivity contribution in [3.63, 3.8) is 0 Å². The van der Waals surface area contributed by atoms with Gasteiger partial charge >= 0.3 is 0 Å². The fourth-order valence-electron chi connectivity index (χ4n) is 4.01. The highest BCUT2D eigenvalue weighted by molar-refractivity contribution is 4.99. The Morgan fingerprint density at radius 1 is 1.39 bits per heavy atom. The second kappa shape index (κ2) is 5.89. The molecular formula is C15H30N2O. The molecule has 106 valence electrons. The van der Waals surface area contributed by atoms with E-state index in [1.54, 1.807) is 0 Å². The largest absolute Gasteiger partial charge is 0.378 e. The van der Waals surface area contributed by atoms with Crippen molar-refractivity contribution in [2.75, 3.05) is 26.8 Å². The van der Waals surface area contributed by atoms with Crippen LogP contribution in [0.4, 0.5) is 0 Å². The zero-order valence-corrected chi connectivity index (χ0v) is 12.5. The van der Waals surface area contributed by atoms with Gasteiger partial charge in [0.1, 0.15) is 0 Å². The molecule has 0 radical (unpaired) electrons.